The Labute approximate surface area is 222 Å². The maximum absolute atomic E-state index is 13.6. The first-order valence-corrected chi connectivity index (χ1v) is 15.1. The second-order valence-electron chi connectivity index (χ2n) is 8.49. The highest BCUT2D eigenvalue weighted by molar-refractivity contribution is 8.33. The minimum atomic E-state index is -5.96. The molecule has 1 aliphatic heterocycles. The van der Waals surface area contributed by atoms with Gasteiger partial charge in [-0.25, -0.2) is 0 Å². The number of alkyl halides is 3. The maximum Gasteiger partial charge on any atom is 0.524 e. The molecule has 1 fully saturated rings. The van der Waals surface area contributed by atoms with Crippen LogP contribution < -0.4 is 4.74 Å². The van der Waals surface area contributed by atoms with Crippen LogP contribution in [0.5, 0.6) is 5.75 Å². The normalized spacial score (nSPS) is 17.2. The Morgan fingerprint density at radius 1 is 0.789 bits per heavy atom. The molecule has 0 spiro atoms. The second-order valence-corrected chi connectivity index (χ2v) is 12.9. The molecule has 1 heterocycles. The van der Waals surface area contributed by atoms with Gasteiger partial charge in [-0.2, -0.15) is 25.2 Å². The molecule has 0 aromatic heterocycles. The van der Waals surface area contributed by atoms with E-state index in [4.69, 9.17) is 17.8 Å². The standard InChI is InChI=1S/C27H29F3O6S2/c28-27(29,30)38(31,32)36-37(23-10-3-1-4-11-23,24-12-5-2-6-13-24)25-17-15-22(16-18-25)33-20-9-21-35-26-14-7-8-19-34-26/h1-6,10-13,15-18,26H,7-9,14,19-21H2. The Kier molecular flexibility index (Phi) is 9.37. The van der Waals surface area contributed by atoms with E-state index in [9.17, 15) is 21.6 Å². The van der Waals surface area contributed by atoms with Crippen LogP contribution in [-0.2, 0) is 23.2 Å². The summed E-state index contributed by atoms with van der Waals surface area (Å²) in [7, 11) is -9.29. The molecule has 0 saturated carbocycles. The smallest absolute Gasteiger partial charge is 0.494 e. The molecule has 0 aliphatic carbocycles. The summed E-state index contributed by atoms with van der Waals surface area (Å²) in [6.07, 6.45) is 3.45. The van der Waals surface area contributed by atoms with E-state index >= 15 is 0 Å². The van der Waals surface area contributed by atoms with Gasteiger partial charge in [-0.05, 0) is 78.1 Å². The zero-order valence-corrected chi connectivity index (χ0v) is 22.1. The molecule has 1 atom stereocenters. The average molecular weight is 571 g/mol. The van der Waals surface area contributed by atoms with Crippen molar-refractivity contribution >= 4 is 20.4 Å². The monoisotopic (exact) mass is 570 g/mol. The third kappa shape index (κ3) is 6.70. The number of ether oxygens (including phenoxy) is 3. The van der Waals surface area contributed by atoms with E-state index in [-0.39, 0.29) is 11.2 Å². The van der Waals surface area contributed by atoms with Gasteiger partial charge >= 0.3 is 15.6 Å². The molecule has 38 heavy (non-hydrogen) atoms. The van der Waals surface area contributed by atoms with Gasteiger partial charge in [0.2, 0.25) is 0 Å². The topological polar surface area (TPSA) is 71.1 Å². The van der Waals surface area contributed by atoms with E-state index in [0.717, 1.165) is 19.3 Å². The molecule has 0 bridgehead atoms. The Bertz CT molecular complexity index is 1210. The van der Waals surface area contributed by atoms with Crippen LogP contribution >= 0.6 is 10.3 Å². The van der Waals surface area contributed by atoms with Crippen molar-refractivity contribution in [1.82, 2.24) is 0 Å². The van der Waals surface area contributed by atoms with E-state index in [1.165, 1.54) is 0 Å². The van der Waals surface area contributed by atoms with Gasteiger partial charge in [0.25, 0.3) is 0 Å². The van der Waals surface area contributed by atoms with Crippen molar-refractivity contribution in [3.8, 4) is 5.75 Å². The number of hydrogen-bond donors (Lipinski definition) is 0. The molecule has 0 radical (unpaired) electrons. The minimum Gasteiger partial charge on any atom is -0.494 e. The molecule has 4 rings (SSSR count). The molecule has 0 N–H and O–H groups in total. The highest BCUT2D eigenvalue weighted by Crippen LogP contribution is 2.70. The van der Waals surface area contributed by atoms with Crippen LogP contribution in [0.1, 0.15) is 25.7 Å². The molecule has 1 saturated heterocycles. The molecule has 0 amide bonds. The molecule has 11 heteroatoms. The number of rotatable bonds is 11. The molecule has 1 unspecified atom stereocenters. The predicted molar refractivity (Wildman–Crippen MR) is 137 cm³/mol. The van der Waals surface area contributed by atoms with Crippen molar-refractivity contribution in [2.24, 2.45) is 0 Å². The molecule has 3 aromatic rings. The summed E-state index contributed by atoms with van der Waals surface area (Å²) < 4.78 is 87.7. The van der Waals surface area contributed by atoms with Crippen molar-refractivity contribution in [3.63, 3.8) is 0 Å². The third-order valence-electron chi connectivity index (χ3n) is 5.78. The lowest BCUT2D eigenvalue weighted by Gasteiger charge is -2.39. The molecule has 206 valence electrons. The van der Waals surface area contributed by atoms with Crippen LogP contribution in [0.15, 0.2) is 99.6 Å². The molecule has 1 aliphatic rings. The number of benzene rings is 3. The van der Waals surface area contributed by atoms with Crippen LogP contribution in [0.4, 0.5) is 13.2 Å². The molecular weight excluding hydrogens is 541 g/mol. The van der Waals surface area contributed by atoms with Gasteiger partial charge in [0.1, 0.15) is 5.75 Å². The average Bonchev–Trinajstić information content (AvgIpc) is 2.93. The van der Waals surface area contributed by atoms with Crippen LogP contribution in [0.2, 0.25) is 0 Å². The second kappa shape index (κ2) is 12.5. The van der Waals surface area contributed by atoms with Gasteiger partial charge in [0.05, 0.1) is 13.2 Å². The van der Waals surface area contributed by atoms with Gasteiger partial charge in [0.15, 0.2) is 6.29 Å². The van der Waals surface area contributed by atoms with Gasteiger partial charge in [-0.3, -0.25) is 0 Å². The van der Waals surface area contributed by atoms with Crippen LogP contribution in [0.25, 0.3) is 0 Å². The first kappa shape index (κ1) is 28.4. The predicted octanol–water partition coefficient (Wildman–Crippen LogP) is 7.06. The Hall–Kier alpha value is -2.57. The summed E-state index contributed by atoms with van der Waals surface area (Å²) in [6, 6.07) is 22.4. The minimum absolute atomic E-state index is 0.178. The number of hydrogen-bond acceptors (Lipinski definition) is 6. The zero-order chi connectivity index (χ0) is 27.1. The van der Waals surface area contributed by atoms with E-state index in [1.54, 1.807) is 84.9 Å². The van der Waals surface area contributed by atoms with Crippen LogP contribution in [0, 0.1) is 0 Å². The lowest BCUT2D eigenvalue weighted by molar-refractivity contribution is -0.163. The van der Waals surface area contributed by atoms with Crippen LogP contribution in [0.3, 0.4) is 0 Å². The van der Waals surface area contributed by atoms with E-state index in [1.807, 2.05) is 0 Å². The lowest BCUT2D eigenvalue weighted by atomic mass is 10.2. The zero-order valence-electron chi connectivity index (χ0n) is 20.5. The first-order chi connectivity index (χ1) is 18.2. The van der Waals surface area contributed by atoms with E-state index in [0.29, 0.717) is 41.8 Å². The van der Waals surface area contributed by atoms with Crippen molar-refractivity contribution in [2.75, 3.05) is 19.8 Å². The molecular formula is C27H29F3O6S2. The van der Waals surface area contributed by atoms with Crippen molar-refractivity contribution in [1.29, 1.82) is 0 Å². The third-order valence-corrected chi connectivity index (χ3v) is 10.7. The Morgan fingerprint density at radius 2 is 1.37 bits per heavy atom. The summed E-state index contributed by atoms with van der Waals surface area (Å²) >= 11 is 0. The highest BCUT2D eigenvalue weighted by atomic mass is 32.3. The lowest BCUT2D eigenvalue weighted by Crippen LogP contribution is -2.27. The Balaban J connectivity index is 1.59. The SMILES string of the molecule is O=S(=O)(OS(c1ccccc1)(c1ccccc1)c1ccc(OCCCOC2CCCCO2)cc1)C(F)(F)F. The van der Waals surface area contributed by atoms with Crippen molar-refractivity contribution in [3.05, 3.63) is 84.9 Å². The largest absolute Gasteiger partial charge is 0.524 e. The highest BCUT2D eigenvalue weighted by Gasteiger charge is 2.52. The summed E-state index contributed by atoms with van der Waals surface area (Å²) in [5, 5.41) is 0. The van der Waals surface area contributed by atoms with Gasteiger partial charge < -0.3 is 14.2 Å². The van der Waals surface area contributed by atoms with E-state index in [2.05, 4.69) is 0 Å². The summed E-state index contributed by atoms with van der Waals surface area (Å²) in [4.78, 5) is 0.873. The van der Waals surface area contributed by atoms with Crippen molar-refractivity contribution in [2.45, 2.75) is 52.2 Å². The maximum atomic E-state index is 13.6. The van der Waals surface area contributed by atoms with Crippen molar-refractivity contribution < 1.29 is 39.4 Å². The fourth-order valence-corrected chi connectivity index (χ4v) is 8.70. The van der Waals surface area contributed by atoms with Gasteiger partial charge in [-0.15, -0.1) is 0 Å². The number of halogens is 3. The summed E-state index contributed by atoms with van der Waals surface area (Å²) in [5.41, 5.74) is -5.59. The quantitative estimate of drug-likeness (QED) is 0.182. The van der Waals surface area contributed by atoms with E-state index < -0.39 is 25.9 Å². The Morgan fingerprint density at radius 3 is 1.89 bits per heavy atom. The fourth-order valence-electron chi connectivity index (χ4n) is 3.96. The van der Waals surface area contributed by atoms with Gasteiger partial charge in [-0.1, -0.05) is 36.4 Å². The summed E-state index contributed by atoms with van der Waals surface area (Å²) in [6.45, 7) is 1.54. The van der Waals surface area contributed by atoms with Crippen LogP contribution in [-0.4, -0.2) is 40.0 Å². The summed E-state index contributed by atoms with van der Waals surface area (Å²) in [5.74, 6) is 0.482. The van der Waals surface area contributed by atoms with Gasteiger partial charge in [0, 0.05) is 27.7 Å². The molecule has 6 nitrogen and oxygen atoms in total. The fraction of sp³-hybridized carbons (Fsp3) is 0.333. The first-order valence-electron chi connectivity index (χ1n) is 12.1. The molecule has 3 aromatic carbocycles.